The number of rotatable bonds is 9. The summed E-state index contributed by atoms with van der Waals surface area (Å²) in [5.74, 6) is 0.294. The number of aromatic hydroxyl groups is 3. The van der Waals surface area contributed by atoms with Crippen LogP contribution in [0, 0.1) is 11.8 Å². The lowest BCUT2D eigenvalue weighted by molar-refractivity contribution is -0.139. The molecule has 0 spiro atoms. The average molecular weight is 507 g/mol. The number of ether oxygens (including phenoxy) is 4. The largest absolute Gasteiger partial charge is 0.508 e. The van der Waals surface area contributed by atoms with Gasteiger partial charge in [0.2, 0.25) is 0 Å². The fourth-order valence-corrected chi connectivity index (χ4v) is 4.50. The molecule has 37 heavy (non-hydrogen) atoms. The smallest absolute Gasteiger partial charge is 0.330 e. The van der Waals surface area contributed by atoms with Gasteiger partial charge in [0.25, 0.3) is 0 Å². The quantitative estimate of drug-likeness (QED) is 0.284. The lowest BCUT2D eigenvalue weighted by Crippen LogP contribution is -2.24. The SMILES string of the molecule is COc1cc(CC2COC(c3ccc(O)c(OC)c3)C2COC(=O)C=Cc2ccc(O)cc2)ccc1O. The molecule has 3 aromatic carbocycles. The summed E-state index contributed by atoms with van der Waals surface area (Å²) >= 11 is 0. The van der Waals surface area contributed by atoms with Crippen molar-refractivity contribution in [3.63, 3.8) is 0 Å². The second kappa shape index (κ2) is 11.7. The van der Waals surface area contributed by atoms with Crippen LogP contribution >= 0.6 is 0 Å². The zero-order chi connectivity index (χ0) is 26.4. The van der Waals surface area contributed by atoms with E-state index < -0.39 is 5.97 Å². The first kappa shape index (κ1) is 25.9. The second-order valence-electron chi connectivity index (χ2n) is 8.87. The van der Waals surface area contributed by atoms with Crippen LogP contribution in [-0.2, 0) is 20.7 Å². The van der Waals surface area contributed by atoms with Gasteiger partial charge in [0.15, 0.2) is 23.0 Å². The highest BCUT2D eigenvalue weighted by Crippen LogP contribution is 2.43. The molecule has 8 nitrogen and oxygen atoms in total. The summed E-state index contributed by atoms with van der Waals surface area (Å²) in [6, 6.07) is 16.7. The molecule has 0 saturated carbocycles. The van der Waals surface area contributed by atoms with E-state index >= 15 is 0 Å². The summed E-state index contributed by atoms with van der Waals surface area (Å²) in [6.45, 7) is 0.551. The van der Waals surface area contributed by atoms with Crippen LogP contribution < -0.4 is 9.47 Å². The Labute approximate surface area is 215 Å². The van der Waals surface area contributed by atoms with Crippen molar-refractivity contribution in [3.8, 4) is 28.7 Å². The molecule has 1 aliphatic rings. The predicted octanol–water partition coefficient (Wildman–Crippen LogP) is 4.62. The second-order valence-corrected chi connectivity index (χ2v) is 8.87. The maximum Gasteiger partial charge on any atom is 0.330 e. The molecule has 8 heteroatoms. The van der Waals surface area contributed by atoms with Gasteiger partial charge in [-0.25, -0.2) is 4.79 Å². The summed E-state index contributed by atoms with van der Waals surface area (Å²) in [5, 5.41) is 29.4. The van der Waals surface area contributed by atoms with Crippen molar-refractivity contribution < 1.29 is 39.1 Å². The summed E-state index contributed by atoms with van der Waals surface area (Å²) in [7, 11) is 2.98. The molecule has 3 N–H and O–H groups in total. The van der Waals surface area contributed by atoms with E-state index in [0.29, 0.717) is 24.5 Å². The van der Waals surface area contributed by atoms with Gasteiger partial charge >= 0.3 is 5.97 Å². The third-order valence-electron chi connectivity index (χ3n) is 6.48. The lowest BCUT2D eigenvalue weighted by atomic mass is 9.84. The summed E-state index contributed by atoms with van der Waals surface area (Å²) in [5.41, 5.74) is 2.52. The Balaban J connectivity index is 1.52. The van der Waals surface area contributed by atoms with E-state index in [4.69, 9.17) is 18.9 Å². The fraction of sp³-hybridized carbons (Fsp3) is 0.276. The molecule has 0 amide bonds. The van der Waals surface area contributed by atoms with Crippen molar-refractivity contribution >= 4 is 12.0 Å². The highest BCUT2D eigenvalue weighted by molar-refractivity contribution is 5.87. The Hall–Kier alpha value is -4.17. The molecule has 3 atom stereocenters. The molecule has 0 bridgehead atoms. The molecular formula is C29H30O8. The van der Waals surface area contributed by atoms with Crippen LogP contribution in [0.4, 0.5) is 0 Å². The first-order valence-electron chi connectivity index (χ1n) is 11.9. The number of benzene rings is 3. The van der Waals surface area contributed by atoms with Crippen molar-refractivity contribution in [3.05, 3.63) is 83.4 Å². The molecule has 1 aliphatic heterocycles. The van der Waals surface area contributed by atoms with E-state index in [2.05, 4.69) is 0 Å². The van der Waals surface area contributed by atoms with Crippen molar-refractivity contribution in [2.24, 2.45) is 11.8 Å². The molecule has 1 fully saturated rings. The van der Waals surface area contributed by atoms with Crippen molar-refractivity contribution in [1.82, 2.24) is 0 Å². The maximum absolute atomic E-state index is 12.5. The van der Waals surface area contributed by atoms with Gasteiger partial charge in [-0.1, -0.05) is 24.3 Å². The third kappa shape index (κ3) is 6.34. The third-order valence-corrected chi connectivity index (χ3v) is 6.48. The molecule has 3 aromatic rings. The molecular weight excluding hydrogens is 476 g/mol. The van der Waals surface area contributed by atoms with Crippen molar-refractivity contribution in [1.29, 1.82) is 0 Å². The summed E-state index contributed by atoms with van der Waals surface area (Å²) in [6.07, 6.45) is 3.21. The van der Waals surface area contributed by atoms with Crippen LogP contribution in [0.5, 0.6) is 28.7 Å². The number of carbonyl (C=O) groups is 1. The Kier molecular flexibility index (Phi) is 8.20. The van der Waals surface area contributed by atoms with E-state index in [9.17, 15) is 20.1 Å². The Morgan fingerprint density at radius 1 is 0.946 bits per heavy atom. The topological polar surface area (TPSA) is 115 Å². The summed E-state index contributed by atoms with van der Waals surface area (Å²) < 4.78 is 22.3. The first-order chi connectivity index (χ1) is 17.9. The molecule has 0 radical (unpaired) electrons. The number of hydrogen-bond acceptors (Lipinski definition) is 8. The van der Waals surface area contributed by atoms with Gasteiger partial charge in [-0.2, -0.15) is 0 Å². The van der Waals surface area contributed by atoms with E-state index in [-0.39, 0.29) is 41.8 Å². The normalized spacial score (nSPS) is 19.1. The van der Waals surface area contributed by atoms with Gasteiger partial charge < -0.3 is 34.3 Å². The van der Waals surface area contributed by atoms with Crippen LogP contribution in [0.1, 0.15) is 22.8 Å². The van der Waals surface area contributed by atoms with Gasteiger partial charge in [-0.15, -0.1) is 0 Å². The molecule has 194 valence electrons. The Morgan fingerprint density at radius 3 is 2.32 bits per heavy atom. The van der Waals surface area contributed by atoms with Crippen LogP contribution in [0.3, 0.4) is 0 Å². The number of phenols is 3. The number of esters is 1. The highest BCUT2D eigenvalue weighted by atomic mass is 16.5. The predicted molar refractivity (Wildman–Crippen MR) is 137 cm³/mol. The first-order valence-corrected chi connectivity index (χ1v) is 11.9. The monoisotopic (exact) mass is 506 g/mol. The molecule has 0 aliphatic carbocycles. The zero-order valence-electron chi connectivity index (χ0n) is 20.7. The average Bonchev–Trinajstić information content (AvgIpc) is 3.30. The van der Waals surface area contributed by atoms with E-state index in [1.165, 1.54) is 20.3 Å². The minimum Gasteiger partial charge on any atom is -0.508 e. The lowest BCUT2D eigenvalue weighted by Gasteiger charge is -2.23. The summed E-state index contributed by atoms with van der Waals surface area (Å²) in [4.78, 5) is 12.5. The highest BCUT2D eigenvalue weighted by Gasteiger charge is 2.39. The molecule has 4 rings (SSSR count). The van der Waals surface area contributed by atoms with E-state index in [0.717, 1.165) is 16.7 Å². The number of methoxy groups -OCH3 is 2. The van der Waals surface area contributed by atoms with Crippen molar-refractivity contribution in [2.45, 2.75) is 12.5 Å². The number of phenolic OH excluding ortho intramolecular Hbond substituents is 3. The molecule has 1 saturated heterocycles. The minimum atomic E-state index is -0.493. The van der Waals surface area contributed by atoms with Crippen LogP contribution in [-0.4, -0.2) is 48.7 Å². The van der Waals surface area contributed by atoms with Crippen molar-refractivity contribution in [2.75, 3.05) is 27.4 Å². The van der Waals surface area contributed by atoms with Crippen LogP contribution in [0.2, 0.25) is 0 Å². The minimum absolute atomic E-state index is 0.00734. The van der Waals surface area contributed by atoms with Gasteiger partial charge in [-0.3, -0.25) is 0 Å². The van der Waals surface area contributed by atoms with Gasteiger partial charge in [0.1, 0.15) is 5.75 Å². The Bertz CT molecular complexity index is 1250. The Morgan fingerprint density at radius 2 is 1.62 bits per heavy atom. The standard InChI is InChI=1S/C29H30O8/c1-34-26-14-19(5-10-24(26)31)13-21-16-37-29(20-7-11-25(32)27(15-20)35-2)23(21)17-36-28(33)12-6-18-3-8-22(30)9-4-18/h3-12,14-15,21,23,29-32H,13,16-17H2,1-2H3. The maximum atomic E-state index is 12.5. The van der Waals surface area contributed by atoms with Gasteiger partial charge in [0, 0.05) is 12.0 Å². The molecule has 3 unspecified atom stereocenters. The molecule has 0 aromatic heterocycles. The van der Waals surface area contributed by atoms with E-state index in [1.807, 2.05) is 6.07 Å². The molecule has 1 heterocycles. The number of hydrogen-bond donors (Lipinski definition) is 3. The zero-order valence-corrected chi connectivity index (χ0v) is 20.7. The van der Waals surface area contributed by atoms with Crippen LogP contribution in [0.15, 0.2) is 66.7 Å². The van der Waals surface area contributed by atoms with E-state index in [1.54, 1.807) is 60.7 Å². The van der Waals surface area contributed by atoms with Crippen LogP contribution in [0.25, 0.3) is 6.08 Å². The van der Waals surface area contributed by atoms with Gasteiger partial charge in [-0.05, 0) is 71.5 Å². The fourth-order valence-electron chi connectivity index (χ4n) is 4.50. The van der Waals surface area contributed by atoms with Gasteiger partial charge in [0.05, 0.1) is 33.5 Å². The number of carbonyl (C=O) groups excluding carboxylic acids is 1.